The summed E-state index contributed by atoms with van der Waals surface area (Å²) in [5.41, 5.74) is 7.40. The quantitative estimate of drug-likeness (QED) is 0.739. The van der Waals surface area contributed by atoms with Crippen molar-refractivity contribution in [1.82, 2.24) is 0 Å². The van der Waals surface area contributed by atoms with Crippen molar-refractivity contribution in [3.63, 3.8) is 0 Å². The SMILES string of the molecule is CC(=O)CC(=O)C1(C)C=C(C)C(C)=CC1N. The zero-order valence-electron chi connectivity index (χ0n) is 10.3. The number of hydrogen-bond donors (Lipinski definition) is 1. The Hall–Kier alpha value is -1.22. The Morgan fingerprint density at radius 3 is 2.44 bits per heavy atom. The van der Waals surface area contributed by atoms with Crippen molar-refractivity contribution < 1.29 is 9.59 Å². The van der Waals surface area contributed by atoms with Crippen LogP contribution in [0.3, 0.4) is 0 Å². The number of nitrogens with two attached hydrogens (primary N) is 1. The van der Waals surface area contributed by atoms with Gasteiger partial charge in [0.15, 0.2) is 5.78 Å². The maximum absolute atomic E-state index is 12.0. The third-order valence-electron chi connectivity index (χ3n) is 3.27. The topological polar surface area (TPSA) is 60.2 Å². The minimum Gasteiger partial charge on any atom is -0.323 e. The van der Waals surface area contributed by atoms with E-state index in [1.54, 1.807) is 6.92 Å². The molecule has 1 aliphatic carbocycles. The van der Waals surface area contributed by atoms with Crippen molar-refractivity contribution in [2.45, 2.75) is 40.2 Å². The lowest BCUT2D eigenvalue weighted by Gasteiger charge is -2.33. The molecule has 0 aromatic rings. The molecule has 1 rings (SSSR count). The third kappa shape index (κ3) is 2.30. The van der Waals surface area contributed by atoms with Gasteiger partial charge in [-0.15, -0.1) is 0 Å². The van der Waals surface area contributed by atoms with Gasteiger partial charge in [0.2, 0.25) is 0 Å². The van der Waals surface area contributed by atoms with E-state index in [1.165, 1.54) is 6.92 Å². The first kappa shape index (κ1) is 12.8. The predicted molar refractivity (Wildman–Crippen MR) is 63.9 cm³/mol. The monoisotopic (exact) mass is 221 g/mol. The lowest BCUT2D eigenvalue weighted by molar-refractivity contribution is -0.130. The Kier molecular flexibility index (Phi) is 3.48. The maximum Gasteiger partial charge on any atom is 0.151 e. The van der Waals surface area contributed by atoms with Gasteiger partial charge in [-0.3, -0.25) is 9.59 Å². The first-order valence-corrected chi connectivity index (χ1v) is 5.44. The Labute approximate surface area is 96.4 Å². The predicted octanol–water partition coefficient (Wildman–Crippen LogP) is 1.77. The summed E-state index contributed by atoms with van der Waals surface area (Å²) >= 11 is 0. The molecular weight excluding hydrogens is 202 g/mol. The highest BCUT2D eigenvalue weighted by atomic mass is 16.1. The molecule has 0 spiro atoms. The average molecular weight is 221 g/mol. The van der Waals surface area contributed by atoms with Crippen LogP contribution in [-0.4, -0.2) is 17.6 Å². The van der Waals surface area contributed by atoms with Crippen molar-refractivity contribution in [2.75, 3.05) is 0 Å². The fourth-order valence-electron chi connectivity index (χ4n) is 1.92. The van der Waals surface area contributed by atoms with Gasteiger partial charge in [0.25, 0.3) is 0 Å². The minimum absolute atomic E-state index is 0.0408. The summed E-state index contributed by atoms with van der Waals surface area (Å²) in [5.74, 6) is -0.216. The first-order valence-electron chi connectivity index (χ1n) is 5.44. The summed E-state index contributed by atoms with van der Waals surface area (Å²) < 4.78 is 0. The molecule has 2 atom stereocenters. The molecule has 0 saturated carbocycles. The van der Waals surface area contributed by atoms with Crippen LogP contribution in [0.25, 0.3) is 0 Å². The first-order chi connectivity index (χ1) is 7.27. The van der Waals surface area contributed by atoms with Crippen LogP contribution in [0.2, 0.25) is 0 Å². The number of ketones is 2. The molecule has 2 unspecified atom stereocenters. The molecule has 0 aliphatic heterocycles. The van der Waals surface area contributed by atoms with E-state index in [0.717, 1.165) is 11.1 Å². The summed E-state index contributed by atoms with van der Waals surface area (Å²) in [6.07, 6.45) is 3.74. The normalized spacial score (nSPS) is 29.4. The molecule has 0 fully saturated rings. The van der Waals surface area contributed by atoms with E-state index in [4.69, 9.17) is 5.73 Å². The van der Waals surface area contributed by atoms with E-state index in [-0.39, 0.29) is 24.0 Å². The number of allylic oxidation sites excluding steroid dienone is 2. The van der Waals surface area contributed by atoms with E-state index in [1.807, 2.05) is 26.0 Å². The molecule has 88 valence electrons. The fraction of sp³-hybridized carbons (Fsp3) is 0.538. The molecule has 0 heterocycles. The highest BCUT2D eigenvalue weighted by molar-refractivity contribution is 6.02. The highest BCUT2D eigenvalue weighted by Crippen LogP contribution is 2.33. The molecule has 0 bridgehead atoms. The van der Waals surface area contributed by atoms with Crippen LogP contribution >= 0.6 is 0 Å². The summed E-state index contributed by atoms with van der Waals surface area (Å²) in [5, 5.41) is 0. The lowest BCUT2D eigenvalue weighted by Crippen LogP contribution is -2.45. The Morgan fingerprint density at radius 1 is 1.38 bits per heavy atom. The van der Waals surface area contributed by atoms with Crippen LogP contribution in [0.15, 0.2) is 23.3 Å². The molecule has 0 aromatic heterocycles. The van der Waals surface area contributed by atoms with Crippen molar-refractivity contribution >= 4 is 11.6 Å². The van der Waals surface area contributed by atoms with Crippen molar-refractivity contribution in [1.29, 1.82) is 0 Å². The zero-order valence-corrected chi connectivity index (χ0v) is 10.3. The van der Waals surface area contributed by atoms with Gasteiger partial charge >= 0.3 is 0 Å². The van der Waals surface area contributed by atoms with Crippen molar-refractivity contribution in [3.05, 3.63) is 23.3 Å². The second-order valence-electron chi connectivity index (χ2n) is 4.79. The smallest absolute Gasteiger partial charge is 0.151 e. The standard InChI is InChI=1S/C13H19NO2/c1-8-5-11(14)13(4,7-9(8)2)12(16)6-10(3)15/h5,7,11H,6,14H2,1-4H3. The summed E-state index contributed by atoms with van der Waals surface area (Å²) in [6.45, 7) is 7.15. The van der Waals surface area contributed by atoms with Gasteiger partial charge in [0.1, 0.15) is 5.78 Å². The van der Waals surface area contributed by atoms with Gasteiger partial charge in [0.05, 0.1) is 11.8 Å². The number of carbonyl (C=O) groups excluding carboxylic acids is 2. The Morgan fingerprint density at radius 2 is 1.94 bits per heavy atom. The molecule has 0 saturated heterocycles. The molecule has 3 heteroatoms. The number of Topliss-reactive ketones (excluding diaryl/α,β-unsaturated/α-hetero) is 2. The van der Waals surface area contributed by atoms with Gasteiger partial charge in [-0.05, 0) is 27.7 Å². The third-order valence-corrected chi connectivity index (χ3v) is 3.27. The second kappa shape index (κ2) is 4.34. The summed E-state index contributed by atoms with van der Waals surface area (Å²) in [6, 6.07) is -0.344. The second-order valence-corrected chi connectivity index (χ2v) is 4.79. The van der Waals surface area contributed by atoms with Gasteiger partial charge in [0, 0.05) is 6.04 Å². The molecule has 1 aliphatic rings. The van der Waals surface area contributed by atoms with E-state index < -0.39 is 5.41 Å². The maximum atomic E-state index is 12.0. The highest BCUT2D eigenvalue weighted by Gasteiger charge is 2.38. The number of rotatable bonds is 3. The van der Waals surface area contributed by atoms with Gasteiger partial charge in [-0.25, -0.2) is 0 Å². The van der Waals surface area contributed by atoms with E-state index >= 15 is 0 Å². The zero-order chi connectivity index (χ0) is 12.5. The molecule has 0 aromatic carbocycles. The number of carbonyl (C=O) groups is 2. The summed E-state index contributed by atoms with van der Waals surface area (Å²) in [7, 11) is 0. The van der Waals surface area contributed by atoms with Crippen molar-refractivity contribution in [2.24, 2.45) is 11.1 Å². The summed E-state index contributed by atoms with van der Waals surface area (Å²) in [4.78, 5) is 23.0. The molecule has 2 N–H and O–H groups in total. The molecule has 3 nitrogen and oxygen atoms in total. The van der Waals surface area contributed by atoms with Crippen LogP contribution in [0.4, 0.5) is 0 Å². The molecule has 0 radical (unpaired) electrons. The molecule has 0 amide bonds. The van der Waals surface area contributed by atoms with Crippen molar-refractivity contribution in [3.8, 4) is 0 Å². The van der Waals surface area contributed by atoms with E-state index in [2.05, 4.69) is 0 Å². The van der Waals surface area contributed by atoms with Crippen LogP contribution in [0.5, 0.6) is 0 Å². The van der Waals surface area contributed by atoms with Gasteiger partial charge in [-0.1, -0.05) is 23.3 Å². The fourth-order valence-corrected chi connectivity index (χ4v) is 1.92. The van der Waals surface area contributed by atoms with Crippen LogP contribution < -0.4 is 5.73 Å². The molecular formula is C13H19NO2. The molecule has 16 heavy (non-hydrogen) atoms. The average Bonchev–Trinajstić information content (AvgIpc) is 2.13. The Balaban J connectivity index is 3.02. The Bertz CT molecular complexity index is 393. The van der Waals surface area contributed by atoms with E-state index in [9.17, 15) is 9.59 Å². The lowest BCUT2D eigenvalue weighted by atomic mass is 9.72. The minimum atomic E-state index is -0.741. The van der Waals surface area contributed by atoms with Crippen LogP contribution in [0, 0.1) is 5.41 Å². The van der Waals surface area contributed by atoms with Gasteiger partial charge in [-0.2, -0.15) is 0 Å². The largest absolute Gasteiger partial charge is 0.323 e. The van der Waals surface area contributed by atoms with Crippen LogP contribution in [0.1, 0.15) is 34.1 Å². The number of hydrogen-bond acceptors (Lipinski definition) is 3. The van der Waals surface area contributed by atoms with Gasteiger partial charge < -0.3 is 5.73 Å². The van der Waals surface area contributed by atoms with Crippen LogP contribution in [-0.2, 0) is 9.59 Å². The van der Waals surface area contributed by atoms with E-state index in [0.29, 0.717) is 0 Å².